The monoisotopic (exact) mass is 230 g/mol. The van der Waals surface area contributed by atoms with Gasteiger partial charge in [0.15, 0.2) is 0 Å². The van der Waals surface area contributed by atoms with Gasteiger partial charge in [0.2, 0.25) is 10.0 Å². The van der Waals surface area contributed by atoms with Crippen LogP contribution >= 0.6 is 0 Å². The van der Waals surface area contributed by atoms with Crippen molar-refractivity contribution in [3.05, 3.63) is 18.2 Å². The predicted molar refractivity (Wildman–Crippen MR) is 58.0 cm³/mol. The van der Waals surface area contributed by atoms with E-state index in [0.29, 0.717) is 12.4 Å². The van der Waals surface area contributed by atoms with Gasteiger partial charge in [0.25, 0.3) is 0 Å². The normalized spacial score (nSPS) is 11.3. The Morgan fingerprint density at radius 3 is 2.53 bits per heavy atom. The highest BCUT2D eigenvalue weighted by Crippen LogP contribution is 2.22. The molecule has 84 valence electrons. The van der Waals surface area contributed by atoms with Gasteiger partial charge in [-0.15, -0.1) is 0 Å². The van der Waals surface area contributed by atoms with Gasteiger partial charge in [-0.05, 0) is 18.6 Å². The minimum Gasteiger partial charge on any atom is -0.494 e. The first-order valence-corrected chi connectivity index (χ1v) is 6.05. The Morgan fingerprint density at radius 2 is 2.07 bits per heavy atom. The molecule has 0 saturated carbocycles. The Morgan fingerprint density at radius 1 is 1.40 bits per heavy atom. The number of hydrogen-bond acceptors (Lipinski definition) is 4. The topological polar surface area (TPSA) is 95.4 Å². The Kier molecular flexibility index (Phi) is 3.54. The van der Waals surface area contributed by atoms with Crippen LogP contribution in [0.25, 0.3) is 0 Å². The van der Waals surface area contributed by atoms with E-state index in [1.54, 1.807) is 0 Å². The van der Waals surface area contributed by atoms with Crippen LogP contribution in [0.1, 0.15) is 13.3 Å². The molecule has 0 aliphatic heterocycles. The van der Waals surface area contributed by atoms with Gasteiger partial charge in [-0.2, -0.15) is 0 Å². The van der Waals surface area contributed by atoms with E-state index in [2.05, 4.69) is 0 Å². The average Bonchev–Trinajstić information content (AvgIpc) is 2.12. The van der Waals surface area contributed by atoms with Crippen molar-refractivity contribution in [2.24, 2.45) is 5.14 Å². The summed E-state index contributed by atoms with van der Waals surface area (Å²) in [4.78, 5) is -0.0775. The van der Waals surface area contributed by atoms with E-state index in [-0.39, 0.29) is 10.6 Å². The van der Waals surface area contributed by atoms with Crippen LogP contribution in [0.15, 0.2) is 23.1 Å². The number of sulfonamides is 1. The molecule has 0 fully saturated rings. The molecule has 0 aromatic heterocycles. The predicted octanol–water partition coefficient (Wildman–Crippen LogP) is 0.705. The lowest BCUT2D eigenvalue weighted by Gasteiger charge is -2.07. The maximum absolute atomic E-state index is 11.0. The first-order chi connectivity index (χ1) is 6.95. The molecular formula is C9H14N2O3S. The lowest BCUT2D eigenvalue weighted by Crippen LogP contribution is -2.14. The number of ether oxygens (including phenoxy) is 1. The number of nitrogens with two attached hydrogens (primary N) is 2. The van der Waals surface area contributed by atoms with Gasteiger partial charge in [-0.25, -0.2) is 13.6 Å². The summed E-state index contributed by atoms with van der Waals surface area (Å²) in [6, 6.07) is 4.33. The van der Waals surface area contributed by atoms with Crippen molar-refractivity contribution in [3.63, 3.8) is 0 Å². The number of rotatable bonds is 4. The summed E-state index contributed by atoms with van der Waals surface area (Å²) in [6.07, 6.45) is 0.872. The molecule has 0 atom stereocenters. The maximum atomic E-state index is 11.0. The van der Waals surface area contributed by atoms with Gasteiger partial charge in [-0.1, -0.05) is 6.92 Å². The van der Waals surface area contributed by atoms with E-state index in [1.807, 2.05) is 6.92 Å². The summed E-state index contributed by atoms with van der Waals surface area (Å²) in [5.41, 5.74) is 5.64. The first-order valence-electron chi connectivity index (χ1n) is 4.50. The molecule has 0 amide bonds. The van der Waals surface area contributed by atoms with Crippen LogP contribution in [0.3, 0.4) is 0 Å². The van der Waals surface area contributed by atoms with E-state index in [4.69, 9.17) is 15.6 Å². The fourth-order valence-corrected chi connectivity index (χ4v) is 1.74. The second-order valence-corrected chi connectivity index (χ2v) is 4.62. The molecule has 1 aromatic rings. The molecule has 0 saturated heterocycles. The standard InChI is InChI=1S/C9H14N2O3S/c1-2-5-14-7-3-4-9(8(10)6-7)15(11,12)13/h3-4,6H,2,5,10H2,1H3,(H2,11,12,13). The minimum atomic E-state index is -3.75. The number of benzene rings is 1. The molecule has 6 heteroatoms. The van der Waals surface area contributed by atoms with E-state index in [0.717, 1.165) is 6.42 Å². The second-order valence-electron chi connectivity index (χ2n) is 3.09. The molecule has 0 heterocycles. The molecule has 1 aromatic carbocycles. The third-order valence-electron chi connectivity index (χ3n) is 1.76. The van der Waals surface area contributed by atoms with Crippen molar-refractivity contribution in [1.29, 1.82) is 0 Å². The Hall–Kier alpha value is -1.27. The summed E-state index contributed by atoms with van der Waals surface area (Å²) in [6.45, 7) is 2.54. The largest absolute Gasteiger partial charge is 0.494 e. The fourth-order valence-electron chi connectivity index (χ4n) is 1.10. The third-order valence-corrected chi connectivity index (χ3v) is 2.75. The molecule has 0 bridgehead atoms. The lowest BCUT2D eigenvalue weighted by molar-refractivity contribution is 0.317. The molecule has 4 N–H and O–H groups in total. The van der Waals surface area contributed by atoms with Gasteiger partial charge >= 0.3 is 0 Å². The minimum absolute atomic E-state index is 0.0775. The summed E-state index contributed by atoms with van der Waals surface area (Å²) < 4.78 is 27.4. The van der Waals surface area contributed by atoms with Crippen molar-refractivity contribution < 1.29 is 13.2 Å². The van der Waals surface area contributed by atoms with E-state index >= 15 is 0 Å². The molecule has 0 aliphatic carbocycles. The van der Waals surface area contributed by atoms with Crippen LogP contribution in [0.2, 0.25) is 0 Å². The van der Waals surface area contributed by atoms with Crippen LogP contribution in [0, 0.1) is 0 Å². The molecule has 1 rings (SSSR count). The highest BCUT2D eigenvalue weighted by Gasteiger charge is 2.12. The highest BCUT2D eigenvalue weighted by atomic mass is 32.2. The van der Waals surface area contributed by atoms with Gasteiger partial charge in [0.1, 0.15) is 10.6 Å². The molecular weight excluding hydrogens is 216 g/mol. The third kappa shape index (κ3) is 3.10. The smallest absolute Gasteiger partial charge is 0.240 e. The molecule has 0 radical (unpaired) electrons. The molecule has 0 unspecified atom stereocenters. The average molecular weight is 230 g/mol. The van der Waals surface area contributed by atoms with E-state index in [1.165, 1.54) is 18.2 Å². The summed E-state index contributed by atoms with van der Waals surface area (Å²) in [5, 5.41) is 4.96. The number of anilines is 1. The first kappa shape index (κ1) is 11.8. The number of primary sulfonamides is 1. The van der Waals surface area contributed by atoms with Gasteiger partial charge in [0, 0.05) is 6.07 Å². The lowest BCUT2D eigenvalue weighted by atomic mass is 10.3. The Bertz CT molecular complexity index is 443. The molecule has 5 nitrogen and oxygen atoms in total. The van der Waals surface area contributed by atoms with Crippen LogP contribution in [0.4, 0.5) is 5.69 Å². The Balaban J connectivity index is 2.99. The zero-order valence-corrected chi connectivity index (χ0v) is 9.25. The molecule has 0 aliphatic rings. The van der Waals surface area contributed by atoms with Crippen LogP contribution in [0.5, 0.6) is 5.75 Å². The van der Waals surface area contributed by atoms with Crippen molar-refractivity contribution >= 4 is 15.7 Å². The SMILES string of the molecule is CCCOc1ccc(S(N)(=O)=O)c(N)c1. The number of nitrogen functional groups attached to an aromatic ring is 1. The van der Waals surface area contributed by atoms with Gasteiger partial charge in [0.05, 0.1) is 12.3 Å². The summed E-state index contributed by atoms with van der Waals surface area (Å²) >= 11 is 0. The van der Waals surface area contributed by atoms with Crippen molar-refractivity contribution in [3.8, 4) is 5.75 Å². The second kappa shape index (κ2) is 4.50. The summed E-state index contributed by atoms with van der Waals surface area (Å²) in [7, 11) is -3.75. The maximum Gasteiger partial charge on any atom is 0.240 e. The van der Waals surface area contributed by atoms with Crippen molar-refractivity contribution in [2.45, 2.75) is 18.2 Å². The quantitative estimate of drug-likeness (QED) is 0.744. The van der Waals surface area contributed by atoms with Crippen LogP contribution in [-0.2, 0) is 10.0 Å². The summed E-state index contributed by atoms with van der Waals surface area (Å²) in [5.74, 6) is 0.543. The van der Waals surface area contributed by atoms with Crippen LogP contribution < -0.4 is 15.6 Å². The molecule has 0 spiro atoms. The molecule has 15 heavy (non-hydrogen) atoms. The van der Waals surface area contributed by atoms with Crippen molar-refractivity contribution in [2.75, 3.05) is 12.3 Å². The Labute approximate surface area is 89.1 Å². The zero-order chi connectivity index (χ0) is 11.5. The van der Waals surface area contributed by atoms with Gasteiger partial charge in [-0.3, -0.25) is 0 Å². The van der Waals surface area contributed by atoms with Gasteiger partial charge < -0.3 is 10.5 Å². The highest BCUT2D eigenvalue weighted by molar-refractivity contribution is 7.89. The zero-order valence-electron chi connectivity index (χ0n) is 8.43. The fraction of sp³-hybridized carbons (Fsp3) is 0.333. The number of hydrogen-bond donors (Lipinski definition) is 2. The van der Waals surface area contributed by atoms with Crippen molar-refractivity contribution in [1.82, 2.24) is 0 Å². The van der Waals surface area contributed by atoms with E-state index in [9.17, 15) is 8.42 Å². The van der Waals surface area contributed by atoms with E-state index < -0.39 is 10.0 Å². The van der Waals surface area contributed by atoms with Crippen LogP contribution in [-0.4, -0.2) is 15.0 Å².